The Morgan fingerprint density at radius 3 is 2.08 bits per heavy atom. The molecule has 7 nitrogen and oxygen atoms in total. The highest BCUT2D eigenvalue weighted by Crippen LogP contribution is 2.32. The van der Waals surface area contributed by atoms with Crippen LogP contribution in [0.3, 0.4) is 0 Å². The first-order valence-corrected chi connectivity index (χ1v) is 9.24. The van der Waals surface area contributed by atoms with E-state index in [0.717, 1.165) is 15.4 Å². The summed E-state index contributed by atoms with van der Waals surface area (Å²) in [7, 11) is -1.17. The third-order valence-corrected chi connectivity index (χ3v) is 5.51. The number of methoxy groups -OCH3 is 2. The van der Waals surface area contributed by atoms with E-state index in [2.05, 4.69) is 0 Å². The fourth-order valence-electron chi connectivity index (χ4n) is 2.66. The normalized spacial score (nSPS) is 11.1. The van der Waals surface area contributed by atoms with Crippen LogP contribution in [0.2, 0.25) is 0 Å². The van der Waals surface area contributed by atoms with E-state index in [0.29, 0.717) is 11.4 Å². The summed E-state index contributed by atoms with van der Waals surface area (Å²) in [5, 5.41) is 0. The molecule has 0 bridgehead atoms. The standard InChI is InChI=1S/C18H22N2O5S/c1-12-7-13(2)9-14(8-12)20(11-18(19)21)26(22,23)15-5-6-16(24-3)17(10-15)25-4/h5-10H,11H2,1-4H3,(H2,19,21). The molecule has 26 heavy (non-hydrogen) atoms. The largest absolute Gasteiger partial charge is 0.493 e. The van der Waals surface area contributed by atoms with Crippen LogP contribution in [0, 0.1) is 13.8 Å². The fourth-order valence-corrected chi connectivity index (χ4v) is 4.09. The summed E-state index contributed by atoms with van der Waals surface area (Å²) >= 11 is 0. The second-order valence-electron chi connectivity index (χ2n) is 5.84. The summed E-state index contributed by atoms with van der Waals surface area (Å²) in [6.45, 7) is 3.23. The lowest BCUT2D eigenvalue weighted by molar-refractivity contribution is -0.116. The molecule has 0 saturated carbocycles. The van der Waals surface area contributed by atoms with E-state index in [9.17, 15) is 13.2 Å². The highest BCUT2D eigenvalue weighted by Gasteiger charge is 2.28. The van der Waals surface area contributed by atoms with E-state index in [1.807, 2.05) is 19.9 Å². The maximum absolute atomic E-state index is 13.2. The summed E-state index contributed by atoms with van der Waals surface area (Å²) < 4.78 is 37.7. The maximum Gasteiger partial charge on any atom is 0.264 e. The van der Waals surface area contributed by atoms with Gasteiger partial charge in [-0.05, 0) is 49.2 Å². The summed E-state index contributed by atoms with van der Waals surface area (Å²) in [5.74, 6) is -0.0828. The van der Waals surface area contributed by atoms with E-state index >= 15 is 0 Å². The lowest BCUT2D eigenvalue weighted by atomic mass is 10.1. The van der Waals surface area contributed by atoms with Gasteiger partial charge in [0.05, 0.1) is 24.8 Å². The number of amides is 1. The van der Waals surface area contributed by atoms with Crippen molar-refractivity contribution in [2.24, 2.45) is 5.73 Å². The first kappa shape index (κ1) is 19.6. The van der Waals surface area contributed by atoms with Gasteiger partial charge in [-0.25, -0.2) is 8.42 Å². The third-order valence-electron chi connectivity index (χ3n) is 3.74. The molecular weight excluding hydrogens is 356 g/mol. The smallest absolute Gasteiger partial charge is 0.264 e. The molecule has 0 aliphatic carbocycles. The predicted octanol–water partition coefficient (Wildman–Crippen LogP) is 2.00. The SMILES string of the molecule is COc1ccc(S(=O)(=O)N(CC(N)=O)c2cc(C)cc(C)c2)cc1OC. The molecule has 0 saturated heterocycles. The number of ether oxygens (including phenoxy) is 2. The Morgan fingerprint density at radius 1 is 1.00 bits per heavy atom. The Bertz CT molecular complexity index is 905. The zero-order valence-corrected chi connectivity index (χ0v) is 16.0. The average molecular weight is 378 g/mol. The quantitative estimate of drug-likeness (QED) is 0.794. The molecule has 0 aliphatic rings. The van der Waals surface area contributed by atoms with Crippen LogP contribution in [0.15, 0.2) is 41.3 Å². The number of hydrogen-bond donors (Lipinski definition) is 1. The lowest BCUT2D eigenvalue weighted by Crippen LogP contribution is -2.38. The Hall–Kier alpha value is -2.74. The van der Waals surface area contributed by atoms with Crippen LogP contribution in [0.25, 0.3) is 0 Å². The molecule has 140 valence electrons. The minimum absolute atomic E-state index is 0.0319. The number of aryl methyl sites for hydroxylation is 2. The maximum atomic E-state index is 13.2. The molecule has 2 aromatic rings. The van der Waals surface area contributed by atoms with Crippen molar-refractivity contribution in [3.63, 3.8) is 0 Å². The first-order valence-electron chi connectivity index (χ1n) is 7.80. The van der Waals surface area contributed by atoms with Crippen LogP contribution in [-0.4, -0.2) is 35.1 Å². The van der Waals surface area contributed by atoms with Gasteiger partial charge in [0.25, 0.3) is 10.0 Å². The van der Waals surface area contributed by atoms with Crippen LogP contribution >= 0.6 is 0 Å². The molecule has 0 radical (unpaired) electrons. The van der Waals surface area contributed by atoms with Crippen LogP contribution in [0.4, 0.5) is 5.69 Å². The topological polar surface area (TPSA) is 98.9 Å². The number of benzene rings is 2. The predicted molar refractivity (Wildman–Crippen MR) is 99.2 cm³/mol. The Balaban J connectivity index is 2.61. The Kier molecular flexibility index (Phi) is 5.76. The number of primary amides is 1. The monoisotopic (exact) mass is 378 g/mol. The van der Waals surface area contributed by atoms with Gasteiger partial charge >= 0.3 is 0 Å². The number of rotatable bonds is 7. The van der Waals surface area contributed by atoms with Crippen molar-refractivity contribution < 1.29 is 22.7 Å². The summed E-state index contributed by atoms with van der Waals surface area (Å²) in [4.78, 5) is 11.5. The number of carbonyl (C=O) groups is 1. The van der Waals surface area contributed by atoms with Gasteiger partial charge in [-0.3, -0.25) is 9.10 Å². The molecule has 0 spiro atoms. The Labute approximate surface area is 153 Å². The zero-order chi connectivity index (χ0) is 19.5. The molecule has 0 aliphatic heterocycles. The van der Waals surface area contributed by atoms with Crippen molar-refractivity contribution in [2.75, 3.05) is 25.1 Å². The number of nitrogens with two attached hydrogens (primary N) is 1. The van der Waals surface area contributed by atoms with Crippen molar-refractivity contribution in [2.45, 2.75) is 18.7 Å². The van der Waals surface area contributed by atoms with Crippen molar-refractivity contribution in [3.8, 4) is 11.5 Å². The second-order valence-corrected chi connectivity index (χ2v) is 7.70. The van der Waals surface area contributed by atoms with Crippen LogP contribution in [-0.2, 0) is 14.8 Å². The summed E-state index contributed by atoms with van der Waals surface area (Å²) in [6, 6.07) is 9.53. The van der Waals surface area contributed by atoms with E-state index in [1.165, 1.54) is 32.4 Å². The zero-order valence-electron chi connectivity index (χ0n) is 15.1. The minimum Gasteiger partial charge on any atom is -0.493 e. The average Bonchev–Trinajstić information content (AvgIpc) is 2.57. The molecule has 0 aromatic heterocycles. The molecule has 8 heteroatoms. The van der Waals surface area contributed by atoms with Gasteiger partial charge in [-0.15, -0.1) is 0 Å². The molecule has 2 aromatic carbocycles. The number of hydrogen-bond acceptors (Lipinski definition) is 5. The summed E-state index contributed by atoms with van der Waals surface area (Å²) in [6.07, 6.45) is 0. The van der Waals surface area contributed by atoms with Crippen molar-refractivity contribution in [1.29, 1.82) is 0 Å². The number of carbonyl (C=O) groups excluding carboxylic acids is 1. The molecule has 1 amide bonds. The minimum atomic E-state index is -4.04. The highest BCUT2D eigenvalue weighted by molar-refractivity contribution is 7.92. The van der Waals surface area contributed by atoms with E-state index in [1.54, 1.807) is 12.1 Å². The van der Waals surface area contributed by atoms with Gasteiger partial charge in [-0.2, -0.15) is 0 Å². The molecule has 0 heterocycles. The Morgan fingerprint density at radius 2 is 1.58 bits per heavy atom. The van der Waals surface area contributed by atoms with E-state index in [4.69, 9.17) is 15.2 Å². The van der Waals surface area contributed by atoms with Gasteiger partial charge in [0, 0.05) is 6.07 Å². The molecule has 2 rings (SSSR count). The van der Waals surface area contributed by atoms with Gasteiger partial charge in [0.2, 0.25) is 5.91 Å². The fraction of sp³-hybridized carbons (Fsp3) is 0.278. The van der Waals surface area contributed by atoms with Gasteiger partial charge in [-0.1, -0.05) is 6.07 Å². The number of anilines is 1. The number of sulfonamides is 1. The van der Waals surface area contributed by atoms with E-state index in [-0.39, 0.29) is 10.6 Å². The third kappa shape index (κ3) is 4.08. The van der Waals surface area contributed by atoms with Crippen molar-refractivity contribution in [3.05, 3.63) is 47.5 Å². The summed E-state index contributed by atoms with van der Waals surface area (Å²) in [5.41, 5.74) is 7.41. The van der Waals surface area contributed by atoms with Gasteiger partial charge in [0.1, 0.15) is 6.54 Å². The van der Waals surface area contributed by atoms with E-state index < -0.39 is 22.5 Å². The molecule has 0 unspecified atom stereocenters. The number of nitrogens with zero attached hydrogens (tertiary/aromatic N) is 1. The molecular formula is C18H22N2O5S. The lowest BCUT2D eigenvalue weighted by Gasteiger charge is -2.24. The van der Waals surface area contributed by atoms with Gasteiger partial charge in [0.15, 0.2) is 11.5 Å². The van der Waals surface area contributed by atoms with Gasteiger partial charge < -0.3 is 15.2 Å². The van der Waals surface area contributed by atoms with Crippen molar-refractivity contribution >= 4 is 21.6 Å². The molecule has 2 N–H and O–H groups in total. The highest BCUT2D eigenvalue weighted by atomic mass is 32.2. The van der Waals surface area contributed by atoms with Crippen molar-refractivity contribution in [1.82, 2.24) is 0 Å². The van der Waals surface area contributed by atoms with Crippen LogP contribution in [0.5, 0.6) is 11.5 Å². The molecule has 0 atom stereocenters. The first-order chi connectivity index (χ1) is 12.2. The molecule has 0 fully saturated rings. The second kappa shape index (κ2) is 7.65. The van der Waals surface area contributed by atoms with Crippen LogP contribution < -0.4 is 19.5 Å². The van der Waals surface area contributed by atoms with Crippen LogP contribution in [0.1, 0.15) is 11.1 Å².